The van der Waals surface area contributed by atoms with Crippen molar-refractivity contribution in [2.45, 2.75) is 11.8 Å². The van der Waals surface area contributed by atoms with E-state index < -0.39 is 9.84 Å². The minimum atomic E-state index is -3.28. The van der Waals surface area contributed by atoms with E-state index in [0.29, 0.717) is 10.8 Å². The highest BCUT2D eigenvalue weighted by atomic mass is 35.5. The maximum absolute atomic E-state index is 11.9. The minimum Gasteiger partial charge on any atom is -0.398 e. The largest absolute Gasteiger partial charge is 0.398 e. The molecular weight excluding hydrogens is 266 g/mol. The third-order valence-electron chi connectivity index (χ3n) is 2.01. The smallest absolute Gasteiger partial charge is 0.181 e. The third-order valence-corrected chi connectivity index (χ3v) is 5.19. The number of hydrogen-bond donors (Lipinski definition) is 1. The Morgan fingerprint density at radius 3 is 2.69 bits per heavy atom. The van der Waals surface area contributed by atoms with Crippen molar-refractivity contribution in [1.82, 2.24) is 0 Å². The molecule has 0 radical (unpaired) electrons. The summed E-state index contributed by atoms with van der Waals surface area (Å²) in [4.78, 5) is 0.175. The van der Waals surface area contributed by atoms with Gasteiger partial charge in [-0.25, -0.2) is 8.42 Å². The van der Waals surface area contributed by atoms with Gasteiger partial charge in [-0.2, -0.15) is 11.8 Å². The average molecular weight is 280 g/mol. The molecule has 3 nitrogen and oxygen atoms in total. The molecule has 1 aromatic rings. The van der Waals surface area contributed by atoms with E-state index in [2.05, 4.69) is 0 Å². The second-order valence-corrected chi connectivity index (χ2v) is 7.11. The summed E-state index contributed by atoms with van der Waals surface area (Å²) in [6, 6.07) is 4.46. The summed E-state index contributed by atoms with van der Waals surface area (Å²) in [6.07, 6.45) is 0. The van der Waals surface area contributed by atoms with E-state index in [0.717, 1.165) is 5.75 Å². The van der Waals surface area contributed by atoms with Crippen LogP contribution < -0.4 is 5.73 Å². The predicted molar refractivity (Wildman–Crippen MR) is 70.9 cm³/mol. The fraction of sp³-hybridized carbons (Fsp3) is 0.400. The Morgan fingerprint density at radius 2 is 2.12 bits per heavy atom. The quantitative estimate of drug-likeness (QED) is 0.664. The standard InChI is InChI=1S/C10H14ClNO2S2/c1-2-15-5-6-16(13,14)10-4-3-8(11)7-9(10)12/h3-4,7H,2,5-6,12H2,1H3. The summed E-state index contributed by atoms with van der Waals surface area (Å²) >= 11 is 7.31. The van der Waals surface area contributed by atoms with Crippen molar-refractivity contribution in [1.29, 1.82) is 0 Å². The van der Waals surface area contributed by atoms with E-state index in [9.17, 15) is 8.42 Å². The predicted octanol–water partition coefficient (Wildman–Crippen LogP) is 2.45. The molecule has 2 N–H and O–H groups in total. The van der Waals surface area contributed by atoms with Gasteiger partial charge in [-0.1, -0.05) is 18.5 Å². The van der Waals surface area contributed by atoms with E-state index >= 15 is 0 Å². The SMILES string of the molecule is CCSCCS(=O)(=O)c1ccc(Cl)cc1N. The number of nitrogen functional groups attached to an aromatic ring is 1. The van der Waals surface area contributed by atoms with Crippen LogP contribution in [-0.2, 0) is 9.84 Å². The van der Waals surface area contributed by atoms with Gasteiger partial charge in [-0.05, 0) is 24.0 Å². The lowest BCUT2D eigenvalue weighted by Gasteiger charge is -2.07. The van der Waals surface area contributed by atoms with Crippen molar-refractivity contribution < 1.29 is 8.42 Å². The number of thioether (sulfide) groups is 1. The molecule has 6 heteroatoms. The lowest BCUT2D eigenvalue weighted by Crippen LogP contribution is -2.11. The van der Waals surface area contributed by atoms with Gasteiger partial charge in [0.2, 0.25) is 0 Å². The molecule has 0 saturated heterocycles. The van der Waals surface area contributed by atoms with Crippen LogP contribution in [0.5, 0.6) is 0 Å². The first-order valence-electron chi connectivity index (χ1n) is 4.83. The number of hydrogen-bond acceptors (Lipinski definition) is 4. The average Bonchev–Trinajstić information content (AvgIpc) is 2.17. The maximum atomic E-state index is 11.9. The second kappa shape index (κ2) is 5.80. The molecule has 90 valence electrons. The van der Waals surface area contributed by atoms with Gasteiger partial charge in [0.05, 0.1) is 16.3 Å². The highest BCUT2D eigenvalue weighted by molar-refractivity contribution is 8.00. The zero-order valence-electron chi connectivity index (χ0n) is 8.94. The summed E-state index contributed by atoms with van der Waals surface area (Å²) in [6.45, 7) is 1.99. The number of halogens is 1. The Morgan fingerprint density at radius 1 is 1.44 bits per heavy atom. The first-order chi connectivity index (χ1) is 7.47. The van der Waals surface area contributed by atoms with Gasteiger partial charge < -0.3 is 5.73 Å². The maximum Gasteiger partial charge on any atom is 0.181 e. The van der Waals surface area contributed by atoms with Gasteiger partial charge >= 0.3 is 0 Å². The summed E-state index contributed by atoms with van der Waals surface area (Å²) < 4.78 is 23.8. The van der Waals surface area contributed by atoms with Crippen molar-refractivity contribution in [3.8, 4) is 0 Å². The normalized spacial score (nSPS) is 11.6. The van der Waals surface area contributed by atoms with Crippen molar-refractivity contribution >= 4 is 38.9 Å². The molecule has 0 bridgehead atoms. The molecule has 0 aliphatic rings. The summed E-state index contributed by atoms with van der Waals surface area (Å²) in [5.41, 5.74) is 5.86. The van der Waals surface area contributed by atoms with Crippen LogP contribution in [0, 0.1) is 0 Å². The topological polar surface area (TPSA) is 60.2 Å². The lowest BCUT2D eigenvalue weighted by molar-refractivity contribution is 0.598. The van der Waals surface area contributed by atoms with Gasteiger partial charge in [0, 0.05) is 10.8 Å². The molecule has 0 atom stereocenters. The van der Waals surface area contributed by atoms with Gasteiger partial charge in [0.1, 0.15) is 0 Å². The molecule has 1 rings (SSSR count). The molecule has 16 heavy (non-hydrogen) atoms. The Hall–Kier alpha value is -0.390. The van der Waals surface area contributed by atoms with Gasteiger partial charge in [-0.3, -0.25) is 0 Å². The summed E-state index contributed by atoms with van der Waals surface area (Å²) in [7, 11) is -3.28. The Balaban J connectivity index is 2.90. The van der Waals surface area contributed by atoms with Crippen LogP contribution in [0.25, 0.3) is 0 Å². The molecule has 0 fully saturated rings. The number of benzene rings is 1. The lowest BCUT2D eigenvalue weighted by atomic mass is 10.3. The van der Waals surface area contributed by atoms with Crippen LogP contribution in [0.4, 0.5) is 5.69 Å². The van der Waals surface area contributed by atoms with Crippen LogP contribution in [0.3, 0.4) is 0 Å². The number of anilines is 1. The highest BCUT2D eigenvalue weighted by Gasteiger charge is 2.17. The van der Waals surface area contributed by atoms with Crippen molar-refractivity contribution in [3.63, 3.8) is 0 Å². The Bertz CT molecular complexity index is 460. The Kier molecular flexibility index (Phi) is 4.95. The van der Waals surface area contributed by atoms with E-state index in [1.807, 2.05) is 6.92 Å². The zero-order chi connectivity index (χ0) is 12.2. The number of nitrogens with two attached hydrogens (primary N) is 1. The van der Waals surface area contributed by atoms with Gasteiger partial charge in [-0.15, -0.1) is 0 Å². The van der Waals surface area contributed by atoms with Crippen molar-refractivity contribution in [2.24, 2.45) is 0 Å². The van der Waals surface area contributed by atoms with E-state index in [1.54, 1.807) is 11.8 Å². The summed E-state index contributed by atoms with van der Waals surface area (Å²) in [5.74, 6) is 1.60. The van der Waals surface area contributed by atoms with Crippen molar-refractivity contribution in [2.75, 3.05) is 23.0 Å². The molecule has 0 aliphatic heterocycles. The summed E-state index contributed by atoms with van der Waals surface area (Å²) in [5, 5.41) is 0.444. The van der Waals surface area contributed by atoms with Crippen LogP contribution >= 0.6 is 23.4 Å². The van der Waals surface area contributed by atoms with Crippen LogP contribution in [-0.4, -0.2) is 25.7 Å². The molecular formula is C10H14ClNO2S2. The second-order valence-electron chi connectivity index (χ2n) is 3.20. The van der Waals surface area contributed by atoms with Crippen LogP contribution in [0.15, 0.2) is 23.1 Å². The van der Waals surface area contributed by atoms with E-state index in [4.69, 9.17) is 17.3 Å². The zero-order valence-corrected chi connectivity index (χ0v) is 11.3. The van der Waals surface area contributed by atoms with Crippen LogP contribution in [0.1, 0.15) is 6.92 Å². The molecule has 0 aliphatic carbocycles. The van der Waals surface area contributed by atoms with Gasteiger partial charge in [0.25, 0.3) is 0 Å². The van der Waals surface area contributed by atoms with Crippen LogP contribution in [0.2, 0.25) is 5.02 Å². The molecule has 0 aromatic heterocycles. The third kappa shape index (κ3) is 3.57. The van der Waals surface area contributed by atoms with Gasteiger partial charge in [0.15, 0.2) is 9.84 Å². The number of rotatable bonds is 5. The monoisotopic (exact) mass is 279 g/mol. The fourth-order valence-electron chi connectivity index (χ4n) is 1.23. The molecule has 0 amide bonds. The highest BCUT2D eigenvalue weighted by Crippen LogP contribution is 2.23. The van der Waals surface area contributed by atoms with E-state index in [-0.39, 0.29) is 16.3 Å². The van der Waals surface area contributed by atoms with E-state index in [1.165, 1.54) is 18.2 Å². The molecule has 0 spiro atoms. The first-order valence-corrected chi connectivity index (χ1v) is 8.01. The van der Waals surface area contributed by atoms with Crippen molar-refractivity contribution in [3.05, 3.63) is 23.2 Å². The molecule has 0 heterocycles. The fourth-order valence-corrected chi connectivity index (χ4v) is 3.96. The molecule has 0 saturated carbocycles. The molecule has 1 aromatic carbocycles. The molecule has 0 unspecified atom stereocenters. The number of sulfone groups is 1. The first kappa shape index (κ1) is 13.7. The Labute approximate surface area is 105 Å². The minimum absolute atomic E-state index is 0.108.